The van der Waals surface area contributed by atoms with Crippen LogP contribution in [0, 0.1) is 6.92 Å². The molecule has 1 rings (SSSR count). The maximum atomic E-state index is 12.0. The molecule has 0 aliphatic carbocycles. The molecule has 0 heterocycles. The van der Waals surface area contributed by atoms with Gasteiger partial charge in [0.25, 0.3) is 0 Å². The van der Waals surface area contributed by atoms with Crippen LogP contribution in [-0.2, 0) is 20.7 Å². The highest BCUT2D eigenvalue weighted by molar-refractivity contribution is 5.83. The number of carbonyl (C=O) groups is 2. The highest BCUT2D eigenvalue weighted by Crippen LogP contribution is 2.06. The van der Waals surface area contributed by atoms with Gasteiger partial charge in [-0.05, 0) is 19.4 Å². The summed E-state index contributed by atoms with van der Waals surface area (Å²) in [5.41, 5.74) is 2.08. The summed E-state index contributed by atoms with van der Waals surface area (Å²) in [5.74, 6) is -0.456. The molecule has 0 aliphatic rings. The minimum absolute atomic E-state index is 0.0116. The first kappa shape index (κ1) is 14.2. The zero-order valence-electron chi connectivity index (χ0n) is 11.1. The summed E-state index contributed by atoms with van der Waals surface area (Å²) >= 11 is 0. The van der Waals surface area contributed by atoms with Crippen molar-refractivity contribution >= 4 is 11.9 Å². The molecular weight excluding hydrogens is 230 g/mol. The fourth-order valence-corrected chi connectivity index (χ4v) is 1.71. The second kappa shape index (κ2) is 6.79. The van der Waals surface area contributed by atoms with Crippen molar-refractivity contribution in [2.75, 3.05) is 20.2 Å². The van der Waals surface area contributed by atoms with E-state index in [9.17, 15) is 9.59 Å². The van der Waals surface area contributed by atoms with E-state index in [1.165, 1.54) is 12.0 Å². The van der Waals surface area contributed by atoms with E-state index in [1.807, 2.05) is 38.1 Å². The smallest absolute Gasteiger partial charge is 0.325 e. The molecule has 0 saturated heterocycles. The number of nitrogens with zero attached hydrogens (tertiary/aromatic N) is 1. The molecule has 0 radical (unpaired) electrons. The SMILES string of the molecule is CCN(CC(=O)OC)C(=O)Cc1cccc(C)c1. The van der Waals surface area contributed by atoms with Crippen LogP contribution in [0.15, 0.2) is 24.3 Å². The van der Waals surface area contributed by atoms with Crippen molar-refractivity contribution < 1.29 is 14.3 Å². The average molecular weight is 249 g/mol. The van der Waals surface area contributed by atoms with Crippen molar-refractivity contribution in [3.63, 3.8) is 0 Å². The maximum absolute atomic E-state index is 12.0. The van der Waals surface area contributed by atoms with E-state index in [2.05, 4.69) is 4.74 Å². The predicted molar refractivity (Wildman–Crippen MR) is 69.2 cm³/mol. The Hall–Kier alpha value is -1.84. The second-order valence-corrected chi connectivity index (χ2v) is 4.15. The quantitative estimate of drug-likeness (QED) is 0.744. The third-order valence-corrected chi connectivity index (χ3v) is 2.72. The van der Waals surface area contributed by atoms with Gasteiger partial charge in [-0.1, -0.05) is 29.8 Å². The summed E-state index contributed by atoms with van der Waals surface area (Å²) in [6.45, 7) is 4.34. The summed E-state index contributed by atoms with van der Waals surface area (Å²) in [4.78, 5) is 24.7. The number of esters is 1. The summed E-state index contributed by atoms with van der Waals surface area (Å²) in [5, 5.41) is 0. The van der Waals surface area contributed by atoms with E-state index in [0.29, 0.717) is 13.0 Å². The third-order valence-electron chi connectivity index (χ3n) is 2.72. The molecule has 18 heavy (non-hydrogen) atoms. The van der Waals surface area contributed by atoms with Crippen molar-refractivity contribution in [1.82, 2.24) is 4.90 Å². The number of amides is 1. The van der Waals surface area contributed by atoms with Gasteiger partial charge in [0.15, 0.2) is 0 Å². The number of rotatable bonds is 5. The van der Waals surface area contributed by atoms with Gasteiger partial charge in [0.1, 0.15) is 6.54 Å². The fourth-order valence-electron chi connectivity index (χ4n) is 1.71. The molecule has 1 aromatic carbocycles. The van der Waals surface area contributed by atoms with Crippen molar-refractivity contribution in [3.8, 4) is 0 Å². The monoisotopic (exact) mass is 249 g/mol. The van der Waals surface area contributed by atoms with Gasteiger partial charge in [-0.2, -0.15) is 0 Å². The van der Waals surface area contributed by atoms with Crippen molar-refractivity contribution in [2.24, 2.45) is 0 Å². The summed E-state index contributed by atoms with van der Waals surface area (Å²) in [6, 6.07) is 7.80. The lowest BCUT2D eigenvalue weighted by Crippen LogP contribution is -2.37. The predicted octanol–water partition coefficient (Wildman–Crippen LogP) is 1.56. The van der Waals surface area contributed by atoms with E-state index < -0.39 is 5.97 Å². The van der Waals surface area contributed by atoms with Crippen LogP contribution in [0.25, 0.3) is 0 Å². The Morgan fingerprint density at radius 1 is 1.33 bits per heavy atom. The van der Waals surface area contributed by atoms with E-state index >= 15 is 0 Å². The van der Waals surface area contributed by atoms with E-state index in [4.69, 9.17) is 0 Å². The number of benzene rings is 1. The number of hydrogen-bond donors (Lipinski definition) is 0. The van der Waals surface area contributed by atoms with Crippen LogP contribution < -0.4 is 0 Å². The molecule has 4 heteroatoms. The number of ether oxygens (including phenoxy) is 1. The van der Waals surface area contributed by atoms with Crippen molar-refractivity contribution in [3.05, 3.63) is 35.4 Å². The van der Waals surface area contributed by atoms with Gasteiger partial charge in [-0.25, -0.2) is 0 Å². The first-order chi connectivity index (χ1) is 8.56. The highest BCUT2D eigenvalue weighted by Gasteiger charge is 2.15. The van der Waals surface area contributed by atoms with Gasteiger partial charge in [0.2, 0.25) is 5.91 Å². The molecule has 0 N–H and O–H groups in total. The first-order valence-electron chi connectivity index (χ1n) is 5.97. The number of methoxy groups -OCH3 is 1. The molecule has 0 bridgehead atoms. The summed E-state index contributed by atoms with van der Waals surface area (Å²) in [6.07, 6.45) is 0.312. The molecular formula is C14H19NO3. The Balaban J connectivity index is 2.65. The number of aryl methyl sites for hydroxylation is 1. The molecule has 0 spiro atoms. The van der Waals surface area contributed by atoms with Gasteiger partial charge in [0, 0.05) is 6.54 Å². The van der Waals surface area contributed by atoms with Crippen LogP contribution in [0.5, 0.6) is 0 Å². The molecule has 0 aromatic heterocycles. The lowest BCUT2D eigenvalue weighted by atomic mass is 10.1. The fraction of sp³-hybridized carbons (Fsp3) is 0.429. The second-order valence-electron chi connectivity index (χ2n) is 4.15. The lowest BCUT2D eigenvalue weighted by molar-refractivity contribution is -0.146. The molecule has 0 fully saturated rings. The number of likely N-dealkylation sites (N-methyl/N-ethyl adjacent to an activating group) is 1. The Kier molecular flexibility index (Phi) is 5.36. The normalized spacial score (nSPS) is 9.94. The third kappa shape index (κ3) is 4.20. The molecule has 1 aromatic rings. The minimum atomic E-state index is -0.394. The molecule has 1 amide bonds. The summed E-state index contributed by atoms with van der Waals surface area (Å²) in [7, 11) is 1.32. The lowest BCUT2D eigenvalue weighted by Gasteiger charge is -2.19. The Morgan fingerprint density at radius 3 is 2.61 bits per heavy atom. The zero-order chi connectivity index (χ0) is 13.5. The van der Waals surface area contributed by atoms with Crippen LogP contribution in [0.4, 0.5) is 0 Å². The molecule has 0 saturated carbocycles. The molecule has 0 aliphatic heterocycles. The first-order valence-corrected chi connectivity index (χ1v) is 5.97. The van der Waals surface area contributed by atoms with Gasteiger partial charge in [0.05, 0.1) is 13.5 Å². The Morgan fingerprint density at radius 2 is 2.06 bits per heavy atom. The van der Waals surface area contributed by atoms with E-state index in [-0.39, 0.29) is 12.5 Å². The molecule has 0 unspecified atom stereocenters. The molecule has 0 atom stereocenters. The van der Waals surface area contributed by atoms with E-state index in [0.717, 1.165) is 11.1 Å². The maximum Gasteiger partial charge on any atom is 0.325 e. The molecule has 98 valence electrons. The Labute approximate surface area is 108 Å². The minimum Gasteiger partial charge on any atom is -0.468 e. The van der Waals surface area contributed by atoms with Crippen LogP contribution in [0.3, 0.4) is 0 Å². The molecule has 4 nitrogen and oxygen atoms in total. The van der Waals surface area contributed by atoms with Crippen LogP contribution in [-0.4, -0.2) is 37.0 Å². The summed E-state index contributed by atoms with van der Waals surface area (Å²) < 4.78 is 4.57. The Bertz CT molecular complexity index is 429. The van der Waals surface area contributed by atoms with Crippen molar-refractivity contribution in [2.45, 2.75) is 20.3 Å². The van der Waals surface area contributed by atoms with Gasteiger partial charge in [-0.15, -0.1) is 0 Å². The van der Waals surface area contributed by atoms with Crippen molar-refractivity contribution in [1.29, 1.82) is 0 Å². The highest BCUT2D eigenvalue weighted by atomic mass is 16.5. The van der Waals surface area contributed by atoms with E-state index in [1.54, 1.807) is 0 Å². The van der Waals surface area contributed by atoms with Crippen LogP contribution >= 0.6 is 0 Å². The van der Waals surface area contributed by atoms with Crippen LogP contribution in [0.1, 0.15) is 18.1 Å². The number of hydrogen-bond acceptors (Lipinski definition) is 3. The largest absolute Gasteiger partial charge is 0.468 e. The average Bonchev–Trinajstić information content (AvgIpc) is 2.35. The standard InChI is InChI=1S/C14H19NO3/c1-4-15(10-14(17)18-3)13(16)9-12-7-5-6-11(2)8-12/h5-8H,4,9-10H2,1-3H3. The number of carbonyl (C=O) groups excluding carboxylic acids is 2. The van der Waals surface area contributed by atoms with Gasteiger partial charge in [-0.3, -0.25) is 9.59 Å². The zero-order valence-corrected chi connectivity index (χ0v) is 11.1. The van der Waals surface area contributed by atoms with Crippen LogP contribution in [0.2, 0.25) is 0 Å². The van der Waals surface area contributed by atoms with Gasteiger partial charge < -0.3 is 9.64 Å². The topological polar surface area (TPSA) is 46.6 Å². The van der Waals surface area contributed by atoms with Gasteiger partial charge >= 0.3 is 5.97 Å².